The standard InChI is InChI=1S/C18H17N5/c1-12-8-15(19)9-17(13(12)2)22-6-7-23-18(22)10-16(21-23)14-4-3-5-20-11-14/h3-11H,19H2,1-2H3. The fraction of sp³-hybridized carbons (Fsp3) is 0.111. The van der Waals surface area contributed by atoms with Gasteiger partial charge in [0.15, 0.2) is 0 Å². The quantitative estimate of drug-likeness (QED) is 0.577. The maximum atomic E-state index is 6.03. The summed E-state index contributed by atoms with van der Waals surface area (Å²) in [5, 5.41) is 4.63. The zero-order chi connectivity index (χ0) is 16.0. The molecule has 5 heteroatoms. The topological polar surface area (TPSA) is 61.1 Å². The Morgan fingerprint density at radius 1 is 1.09 bits per heavy atom. The molecule has 4 rings (SSSR count). The molecule has 0 atom stereocenters. The molecule has 0 spiro atoms. The zero-order valence-corrected chi connectivity index (χ0v) is 13.1. The Morgan fingerprint density at radius 3 is 2.74 bits per heavy atom. The van der Waals surface area contributed by atoms with Crippen LogP contribution in [-0.2, 0) is 0 Å². The molecule has 0 aliphatic heterocycles. The Balaban J connectivity index is 1.91. The van der Waals surface area contributed by atoms with Gasteiger partial charge in [0.25, 0.3) is 0 Å². The van der Waals surface area contributed by atoms with E-state index in [1.807, 2.05) is 47.4 Å². The SMILES string of the molecule is Cc1cc(N)cc(-n2ccn3nc(-c4cccnc4)cc23)c1C. The number of hydrogen-bond donors (Lipinski definition) is 1. The van der Waals surface area contributed by atoms with Gasteiger partial charge >= 0.3 is 0 Å². The number of rotatable bonds is 2. The van der Waals surface area contributed by atoms with Gasteiger partial charge < -0.3 is 5.73 Å². The predicted molar refractivity (Wildman–Crippen MR) is 91.6 cm³/mol. The molecule has 114 valence electrons. The van der Waals surface area contributed by atoms with Crippen molar-refractivity contribution >= 4 is 11.3 Å². The number of aryl methyl sites for hydroxylation is 1. The second-order valence-electron chi connectivity index (χ2n) is 5.72. The van der Waals surface area contributed by atoms with Crippen LogP contribution in [0.2, 0.25) is 0 Å². The van der Waals surface area contributed by atoms with Gasteiger partial charge in [-0.2, -0.15) is 5.10 Å². The van der Waals surface area contributed by atoms with Crippen LogP contribution in [0.25, 0.3) is 22.6 Å². The third-order valence-corrected chi connectivity index (χ3v) is 4.20. The second kappa shape index (κ2) is 4.98. The Bertz CT molecular complexity index is 995. The van der Waals surface area contributed by atoms with Crippen LogP contribution in [0.15, 0.2) is 55.1 Å². The second-order valence-corrected chi connectivity index (χ2v) is 5.72. The summed E-state index contributed by atoms with van der Waals surface area (Å²) >= 11 is 0. The molecule has 0 saturated carbocycles. The lowest BCUT2D eigenvalue weighted by Crippen LogP contribution is -2.00. The van der Waals surface area contributed by atoms with Gasteiger partial charge in [0.2, 0.25) is 0 Å². The van der Waals surface area contributed by atoms with Crippen LogP contribution in [-0.4, -0.2) is 19.2 Å². The average Bonchev–Trinajstić information content (AvgIpc) is 3.12. The molecule has 3 aromatic heterocycles. The third kappa shape index (κ3) is 2.17. The summed E-state index contributed by atoms with van der Waals surface area (Å²) in [5.74, 6) is 0. The molecule has 0 bridgehead atoms. The molecule has 23 heavy (non-hydrogen) atoms. The van der Waals surface area contributed by atoms with E-state index in [0.717, 1.165) is 28.3 Å². The molecule has 0 aliphatic rings. The highest BCUT2D eigenvalue weighted by Gasteiger charge is 2.12. The minimum absolute atomic E-state index is 0.766. The van der Waals surface area contributed by atoms with E-state index in [4.69, 9.17) is 5.73 Å². The fourth-order valence-electron chi connectivity index (χ4n) is 2.86. The van der Waals surface area contributed by atoms with E-state index in [-0.39, 0.29) is 0 Å². The lowest BCUT2D eigenvalue weighted by atomic mass is 10.1. The molecule has 0 aliphatic carbocycles. The van der Waals surface area contributed by atoms with Crippen molar-refractivity contribution in [1.82, 2.24) is 19.2 Å². The molecule has 0 fully saturated rings. The number of nitrogen functional groups attached to an aromatic ring is 1. The van der Waals surface area contributed by atoms with Crippen molar-refractivity contribution in [2.75, 3.05) is 5.73 Å². The summed E-state index contributed by atoms with van der Waals surface area (Å²) in [6.07, 6.45) is 7.55. The Labute approximate surface area is 134 Å². The van der Waals surface area contributed by atoms with E-state index in [0.29, 0.717) is 0 Å². The van der Waals surface area contributed by atoms with Crippen LogP contribution in [0.4, 0.5) is 5.69 Å². The molecule has 2 N–H and O–H groups in total. The molecule has 0 saturated heterocycles. The van der Waals surface area contributed by atoms with E-state index in [2.05, 4.69) is 34.6 Å². The minimum atomic E-state index is 0.766. The van der Waals surface area contributed by atoms with Gasteiger partial charge in [-0.15, -0.1) is 0 Å². The predicted octanol–water partition coefficient (Wildman–Crippen LogP) is 3.39. The van der Waals surface area contributed by atoms with E-state index >= 15 is 0 Å². The number of aromatic nitrogens is 4. The van der Waals surface area contributed by atoms with Crippen molar-refractivity contribution < 1.29 is 0 Å². The summed E-state index contributed by atoms with van der Waals surface area (Å²) in [5.41, 5.74) is 13.2. The van der Waals surface area contributed by atoms with Crippen molar-refractivity contribution in [2.24, 2.45) is 0 Å². The van der Waals surface area contributed by atoms with Crippen molar-refractivity contribution in [1.29, 1.82) is 0 Å². The maximum absolute atomic E-state index is 6.03. The first-order valence-electron chi connectivity index (χ1n) is 7.48. The van der Waals surface area contributed by atoms with E-state index in [9.17, 15) is 0 Å². The number of benzene rings is 1. The molecule has 1 aromatic carbocycles. The largest absolute Gasteiger partial charge is 0.399 e. The number of hydrogen-bond acceptors (Lipinski definition) is 3. The highest BCUT2D eigenvalue weighted by atomic mass is 15.3. The molecule has 4 aromatic rings. The van der Waals surface area contributed by atoms with E-state index < -0.39 is 0 Å². The molecule has 0 amide bonds. The fourth-order valence-corrected chi connectivity index (χ4v) is 2.86. The van der Waals surface area contributed by atoms with Crippen molar-refractivity contribution in [3.05, 3.63) is 66.2 Å². The summed E-state index contributed by atoms with van der Waals surface area (Å²) in [6.45, 7) is 4.19. The summed E-state index contributed by atoms with van der Waals surface area (Å²) < 4.78 is 3.99. The number of pyridine rings is 1. The number of nitrogens with two attached hydrogens (primary N) is 1. The van der Waals surface area contributed by atoms with E-state index in [1.165, 1.54) is 11.1 Å². The first-order valence-corrected chi connectivity index (χ1v) is 7.48. The van der Waals surface area contributed by atoms with Gasteiger partial charge in [-0.25, -0.2) is 4.52 Å². The van der Waals surface area contributed by atoms with Crippen LogP contribution in [0, 0.1) is 13.8 Å². The molecule has 3 heterocycles. The third-order valence-electron chi connectivity index (χ3n) is 4.20. The van der Waals surface area contributed by atoms with Gasteiger partial charge in [0.05, 0.1) is 11.4 Å². The number of nitrogens with zero attached hydrogens (tertiary/aromatic N) is 4. The Hall–Kier alpha value is -3.08. The summed E-state index contributed by atoms with van der Waals surface area (Å²) in [7, 11) is 0. The molecule has 0 unspecified atom stereocenters. The van der Waals surface area contributed by atoms with Crippen molar-refractivity contribution in [3.8, 4) is 16.9 Å². The van der Waals surface area contributed by atoms with Crippen LogP contribution in [0.1, 0.15) is 11.1 Å². The lowest BCUT2D eigenvalue weighted by Gasteiger charge is -2.11. The first-order chi connectivity index (χ1) is 11.1. The van der Waals surface area contributed by atoms with Gasteiger partial charge in [-0.1, -0.05) is 0 Å². The maximum Gasteiger partial charge on any atom is 0.140 e. The molecule has 5 nitrogen and oxygen atoms in total. The zero-order valence-electron chi connectivity index (χ0n) is 13.1. The number of fused-ring (bicyclic) bond motifs is 1. The molecule has 0 radical (unpaired) electrons. The van der Waals surface area contributed by atoms with Crippen LogP contribution in [0.3, 0.4) is 0 Å². The number of imidazole rings is 1. The minimum Gasteiger partial charge on any atom is -0.399 e. The monoisotopic (exact) mass is 303 g/mol. The molecular weight excluding hydrogens is 286 g/mol. The normalized spacial score (nSPS) is 11.2. The van der Waals surface area contributed by atoms with Crippen LogP contribution in [0.5, 0.6) is 0 Å². The van der Waals surface area contributed by atoms with Crippen LogP contribution >= 0.6 is 0 Å². The molecular formula is C18H17N5. The number of anilines is 1. The van der Waals surface area contributed by atoms with Crippen molar-refractivity contribution in [3.63, 3.8) is 0 Å². The Kier molecular flexibility index (Phi) is 2.94. The Morgan fingerprint density at radius 2 is 1.96 bits per heavy atom. The highest BCUT2D eigenvalue weighted by molar-refractivity contribution is 5.66. The lowest BCUT2D eigenvalue weighted by molar-refractivity contribution is 0.967. The average molecular weight is 303 g/mol. The summed E-state index contributed by atoms with van der Waals surface area (Å²) in [4.78, 5) is 4.16. The van der Waals surface area contributed by atoms with Gasteiger partial charge in [-0.05, 0) is 49.2 Å². The van der Waals surface area contributed by atoms with Crippen molar-refractivity contribution in [2.45, 2.75) is 13.8 Å². The van der Waals surface area contributed by atoms with Crippen LogP contribution < -0.4 is 5.73 Å². The highest BCUT2D eigenvalue weighted by Crippen LogP contribution is 2.26. The van der Waals surface area contributed by atoms with Gasteiger partial charge in [0.1, 0.15) is 5.65 Å². The first kappa shape index (κ1) is 13.6. The van der Waals surface area contributed by atoms with Gasteiger partial charge in [-0.3, -0.25) is 9.55 Å². The summed E-state index contributed by atoms with van der Waals surface area (Å²) in [6, 6.07) is 9.98. The van der Waals surface area contributed by atoms with Gasteiger partial charge in [0, 0.05) is 42.1 Å². The smallest absolute Gasteiger partial charge is 0.140 e. The van der Waals surface area contributed by atoms with E-state index in [1.54, 1.807) is 6.20 Å².